The van der Waals surface area contributed by atoms with Crippen LogP contribution in [0.25, 0.3) is 0 Å². The topological polar surface area (TPSA) is 88.3 Å². The normalized spacial score (nSPS) is 16.5. The number of methoxy groups -OCH3 is 1. The number of aromatic nitrogens is 1. The molecule has 2 aromatic rings. The van der Waals surface area contributed by atoms with E-state index in [2.05, 4.69) is 15.0 Å². The predicted octanol–water partition coefficient (Wildman–Crippen LogP) is 1.93. The zero-order valence-electron chi connectivity index (χ0n) is 17.7. The Morgan fingerprint density at radius 1 is 1.27 bits per heavy atom. The molecule has 164 valence electrons. The van der Waals surface area contributed by atoms with Gasteiger partial charge in [0.1, 0.15) is 24.7 Å². The molecule has 0 bridgehead atoms. The first-order valence-corrected chi connectivity index (χ1v) is 10.3. The molecule has 1 aliphatic rings. The maximum atomic E-state index is 11.6. The fraction of sp³-hybridized carbons (Fsp3) is 0.545. The van der Waals surface area contributed by atoms with Crippen LogP contribution >= 0.6 is 0 Å². The summed E-state index contributed by atoms with van der Waals surface area (Å²) in [5.41, 5.74) is 2.07. The molecule has 8 heteroatoms. The molecule has 1 unspecified atom stereocenters. The summed E-state index contributed by atoms with van der Waals surface area (Å²) in [5, 5.41) is 14.2. The van der Waals surface area contributed by atoms with Gasteiger partial charge in [-0.2, -0.15) is 0 Å². The van der Waals surface area contributed by atoms with E-state index in [9.17, 15) is 9.90 Å². The van der Waals surface area contributed by atoms with E-state index in [1.807, 2.05) is 37.4 Å². The minimum absolute atomic E-state index is 0.0202. The highest BCUT2D eigenvalue weighted by atomic mass is 16.5. The van der Waals surface area contributed by atoms with E-state index in [4.69, 9.17) is 14.0 Å². The summed E-state index contributed by atoms with van der Waals surface area (Å²) < 4.78 is 15.4. The SMILES string of the molecule is COC(=O)C1CCN(CC(O)COc2ccc(CN(C)Cc3ccon3)cc2)CC1. The first-order valence-electron chi connectivity index (χ1n) is 10.3. The smallest absolute Gasteiger partial charge is 0.308 e. The number of hydrogen-bond donors (Lipinski definition) is 1. The molecule has 1 aromatic heterocycles. The second kappa shape index (κ2) is 11.1. The first kappa shape index (κ1) is 22.3. The Balaban J connectivity index is 1.36. The first-order chi connectivity index (χ1) is 14.5. The van der Waals surface area contributed by atoms with Crippen molar-refractivity contribution in [2.75, 3.05) is 40.4 Å². The number of likely N-dealkylation sites (tertiary alicyclic amines) is 1. The van der Waals surface area contributed by atoms with Gasteiger partial charge in [0.05, 0.1) is 18.7 Å². The summed E-state index contributed by atoms with van der Waals surface area (Å²) in [4.78, 5) is 15.9. The second-order valence-electron chi connectivity index (χ2n) is 7.87. The van der Waals surface area contributed by atoms with Gasteiger partial charge < -0.3 is 24.0 Å². The molecule has 30 heavy (non-hydrogen) atoms. The summed E-state index contributed by atoms with van der Waals surface area (Å²) in [7, 11) is 3.46. The molecule has 2 heterocycles. The number of nitrogens with zero attached hydrogens (tertiary/aromatic N) is 3. The highest BCUT2D eigenvalue weighted by molar-refractivity contribution is 5.72. The Labute approximate surface area is 177 Å². The Morgan fingerprint density at radius 3 is 2.63 bits per heavy atom. The fourth-order valence-electron chi connectivity index (χ4n) is 3.72. The van der Waals surface area contributed by atoms with Crippen LogP contribution in [0.2, 0.25) is 0 Å². The molecule has 3 rings (SSSR count). The zero-order chi connectivity index (χ0) is 21.3. The molecule has 1 aromatic carbocycles. The van der Waals surface area contributed by atoms with E-state index >= 15 is 0 Å². The molecule has 1 atom stereocenters. The van der Waals surface area contributed by atoms with Gasteiger partial charge >= 0.3 is 5.97 Å². The van der Waals surface area contributed by atoms with E-state index in [1.165, 1.54) is 12.7 Å². The van der Waals surface area contributed by atoms with Crippen molar-refractivity contribution in [1.29, 1.82) is 0 Å². The van der Waals surface area contributed by atoms with E-state index in [-0.39, 0.29) is 18.5 Å². The van der Waals surface area contributed by atoms with E-state index < -0.39 is 6.10 Å². The zero-order valence-corrected chi connectivity index (χ0v) is 17.7. The van der Waals surface area contributed by atoms with Crippen molar-refractivity contribution in [3.8, 4) is 5.75 Å². The van der Waals surface area contributed by atoms with E-state index in [0.717, 1.165) is 50.5 Å². The highest BCUT2D eigenvalue weighted by Crippen LogP contribution is 2.19. The van der Waals surface area contributed by atoms with Crippen molar-refractivity contribution < 1.29 is 23.9 Å². The fourth-order valence-corrected chi connectivity index (χ4v) is 3.72. The third kappa shape index (κ3) is 6.83. The summed E-state index contributed by atoms with van der Waals surface area (Å²) in [6.07, 6.45) is 2.54. The van der Waals surface area contributed by atoms with Crippen molar-refractivity contribution in [2.45, 2.75) is 32.0 Å². The molecule has 8 nitrogen and oxygen atoms in total. The van der Waals surface area contributed by atoms with Crippen molar-refractivity contribution in [3.63, 3.8) is 0 Å². The molecule has 1 saturated heterocycles. The molecule has 0 amide bonds. The van der Waals surface area contributed by atoms with Gasteiger partial charge in [-0.15, -0.1) is 0 Å². The third-order valence-corrected chi connectivity index (χ3v) is 5.33. The number of hydrogen-bond acceptors (Lipinski definition) is 8. The molecule has 0 saturated carbocycles. The van der Waals surface area contributed by atoms with Crippen LogP contribution in [0.1, 0.15) is 24.1 Å². The Hall–Kier alpha value is -2.42. The van der Waals surface area contributed by atoms with Crippen LogP contribution < -0.4 is 4.74 Å². The molecule has 1 fully saturated rings. The Morgan fingerprint density at radius 2 is 2.00 bits per heavy atom. The van der Waals surface area contributed by atoms with Gasteiger partial charge in [0.15, 0.2) is 0 Å². The quantitative estimate of drug-likeness (QED) is 0.587. The number of ether oxygens (including phenoxy) is 2. The lowest BCUT2D eigenvalue weighted by molar-refractivity contribution is -0.147. The van der Waals surface area contributed by atoms with Gasteiger partial charge in [0, 0.05) is 25.7 Å². The van der Waals surface area contributed by atoms with Crippen LogP contribution in [0.4, 0.5) is 0 Å². The number of β-amino-alcohol motifs (C(OH)–C–C–N with tert-alkyl or cyclic N) is 1. The maximum Gasteiger partial charge on any atom is 0.308 e. The number of carbonyl (C=O) groups excluding carboxylic acids is 1. The predicted molar refractivity (Wildman–Crippen MR) is 111 cm³/mol. The Kier molecular flexibility index (Phi) is 8.24. The molecular weight excluding hydrogens is 386 g/mol. The van der Waals surface area contributed by atoms with Gasteiger partial charge in [-0.3, -0.25) is 9.69 Å². The van der Waals surface area contributed by atoms with Crippen molar-refractivity contribution in [3.05, 3.63) is 47.9 Å². The summed E-state index contributed by atoms with van der Waals surface area (Å²) in [6, 6.07) is 9.76. The largest absolute Gasteiger partial charge is 0.491 e. The molecular formula is C22H31N3O5. The molecule has 1 N–H and O–H groups in total. The van der Waals surface area contributed by atoms with Gasteiger partial charge in [-0.25, -0.2) is 0 Å². The number of aliphatic hydroxyl groups excluding tert-OH is 1. The lowest BCUT2D eigenvalue weighted by Crippen LogP contribution is -2.42. The second-order valence-corrected chi connectivity index (χ2v) is 7.87. The number of aliphatic hydroxyl groups is 1. The van der Waals surface area contributed by atoms with Crippen molar-refractivity contribution in [2.24, 2.45) is 5.92 Å². The van der Waals surface area contributed by atoms with Crippen molar-refractivity contribution in [1.82, 2.24) is 15.0 Å². The van der Waals surface area contributed by atoms with Gasteiger partial charge in [0.25, 0.3) is 0 Å². The van der Waals surface area contributed by atoms with Crippen LogP contribution in [-0.4, -0.2) is 72.5 Å². The van der Waals surface area contributed by atoms with Crippen LogP contribution in [0, 0.1) is 5.92 Å². The molecule has 0 radical (unpaired) electrons. The van der Waals surface area contributed by atoms with Crippen LogP contribution in [0.15, 0.2) is 41.1 Å². The van der Waals surface area contributed by atoms with Crippen molar-refractivity contribution >= 4 is 5.97 Å². The van der Waals surface area contributed by atoms with E-state index in [0.29, 0.717) is 6.54 Å². The summed E-state index contributed by atoms with van der Waals surface area (Å²) in [5.74, 6) is 0.584. The highest BCUT2D eigenvalue weighted by Gasteiger charge is 2.26. The number of benzene rings is 1. The Bertz CT molecular complexity index is 758. The minimum atomic E-state index is -0.576. The van der Waals surface area contributed by atoms with Gasteiger partial charge in [-0.1, -0.05) is 17.3 Å². The standard InChI is InChI=1S/C22H31N3O5/c1-24(14-19-9-12-30-23-19)13-17-3-5-21(6-4-17)29-16-20(26)15-25-10-7-18(8-11-25)22(27)28-2/h3-6,9,12,18,20,26H,7-8,10-11,13-16H2,1-2H3. The number of piperidine rings is 1. The van der Waals surface area contributed by atoms with E-state index in [1.54, 1.807) is 6.26 Å². The van der Waals surface area contributed by atoms with Gasteiger partial charge in [0.2, 0.25) is 0 Å². The molecule has 0 aliphatic carbocycles. The average Bonchev–Trinajstić information content (AvgIpc) is 3.26. The number of esters is 1. The maximum absolute atomic E-state index is 11.6. The third-order valence-electron chi connectivity index (χ3n) is 5.33. The average molecular weight is 418 g/mol. The van der Waals surface area contributed by atoms with Crippen LogP contribution in [0.5, 0.6) is 5.75 Å². The lowest BCUT2D eigenvalue weighted by atomic mass is 9.97. The molecule has 0 spiro atoms. The summed E-state index contributed by atoms with van der Waals surface area (Å²) in [6.45, 7) is 3.86. The number of rotatable bonds is 10. The summed E-state index contributed by atoms with van der Waals surface area (Å²) >= 11 is 0. The van der Waals surface area contributed by atoms with Crippen LogP contribution in [0.3, 0.4) is 0 Å². The molecule has 1 aliphatic heterocycles. The van der Waals surface area contributed by atoms with Gasteiger partial charge in [-0.05, 0) is 50.7 Å². The minimum Gasteiger partial charge on any atom is -0.491 e. The monoisotopic (exact) mass is 417 g/mol. The lowest BCUT2D eigenvalue weighted by Gasteiger charge is -2.31. The van der Waals surface area contributed by atoms with Crippen LogP contribution in [-0.2, 0) is 22.6 Å². The number of carbonyl (C=O) groups is 1.